The van der Waals surface area contributed by atoms with Crippen molar-refractivity contribution in [3.05, 3.63) is 45.8 Å². The van der Waals surface area contributed by atoms with Crippen molar-refractivity contribution in [1.29, 1.82) is 0 Å². The molecule has 2 heterocycles. The minimum atomic E-state index is -0.180. The molecule has 0 atom stereocenters. The van der Waals surface area contributed by atoms with E-state index in [1.165, 1.54) is 17.5 Å². The molecule has 1 aromatic carbocycles. The summed E-state index contributed by atoms with van der Waals surface area (Å²) in [6.45, 7) is 1.54. The largest absolute Gasteiger partial charge is 0.496 e. The molecule has 1 amide bonds. The van der Waals surface area contributed by atoms with Gasteiger partial charge in [-0.05, 0) is 36.5 Å². The number of nitrogens with one attached hydrogen (secondary N) is 2. The van der Waals surface area contributed by atoms with Crippen molar-refractivity contribution in [1.82, 2.24) is 15.5 Å². The number of nitrogens with zero attached hydrogens (tertiary/aromatic N) is 1. The highest BCUT2D eigenvalue weighted by Crippen LogP contribution is 2.30. The molecule has 126 valence electrons. The lowest BCUT2D eigenvalue weighted by atomic mass is 10.0. The smallest absolute Gasteiger partial charge is 0.272 e. The number of H-pyrrole nitrogens is 1. The number of rotatable bonds is 4. The maximum absolute atomic E-state index is 12.5. The van der Waals surface area contributed by atoms with Crippen LogP contribution in [-0.4, -0.2) is 29.8 Å². The van der Waals surface area contributed by atoms with Gasteiger partial charge < -0.3 is 14.8 Å². The number of hydrogen-bond acceptors (Lipinski definition) is 4. The number of carbonyl (C=O) groups excluding carboxylic acids is 1. The van der Waals surface area contributed by atoms with Gasteiger partial charge in [0.25, 0.3) is 5.91 Å². The lowest BCUT2D eigenvalue weighted by Crippen LogP contribution is -2.25. The van der Waals surface area contributed by atoms with Crippen LogP contribution in [-0.2, 0) is 37.2 Å². The van der Waals surface area contributed by atoms with Crippen molar-refractivity contribution in [2.24, 2.45) is 0 Å². The molecule has 6 heteroatoms. The molecule has 0 saturated heterocycles. The Morgan fingerprint density at radius 1 is 1.33 bits per heavy atom. The number of aromatic nitrogens is 2. The van der Waals surface area contributed by atoms with Crippen LogP contribution in [0.1, 0.15) is 44.9 Å². The van der Waals surface area contributed by atoms with Gasteiger partial charge in [0.15, 0.2) is 5.69 Å². The lowest BCUT2D eigenvalue weighted by molar-refractivity contribution is 0.0922. The van der Waals surface area contributed by atoms with Crippen molar-refractivity contribution in [3.8, 4) is 5.75 Å². The summed E-state index contributed by atoms with van der Waals surface area (Å²) in [5, 5.41) is 10.1. The van der Waals surface area contributed by atoms with Gasteiger partial charge in [0.2, 0.25) is 0 Å². The third-order valence-electron chi connectivity index (χ3n) is 4.84. The van der Waals surface area contributed by atoms with E-state index in [-0.39, 0.29) is 5.91 Å². The van der Waals surface area contributed by atoms with E-state index in [0.717, 1.165) is 41.8 Å². The van der Waals surface area contributed by atoms with E-state index in [1.54, 1.807) is 7.11 Å². The van der Waals surface area contributed by atoms with Crippen molar-refractivity contribution < 1.29 is 14.3 Å². The predicted molar refractivity (Wildman–Crippen MR) is 88.1 cm³/mol. The second kappa shape index (κ2) is 6.28. The Hall–Kier alpha value is -2.34. The molecule has 2 aromatic rings. The highest BCUT2D eigenvalue weighted by molar-refractivity contribution is 5.94. The zero-order valence-electron chi connectivity index (χ0n) is 13.8. The maximum atomic E-state index is 12.5. The first-order valence-corrected chi connectivity index (χ1v) is 8.37. The molecule has 24 heavy (non-hydrogen) atoms. The van der Waals surface area contributed by atoms with Gasteiger partial charge in [0.05, 0.1) is 20.3 Å². The van der Waals surface area contributed by atoms with E-state index in [4.69, 9.17) is 9.47 Å². The molecular formula is C18H21N3O3. The predicted octanol–water partition coefficient (Wildman–Crippen LogP) is 1.91. The number of hydrogen-bond donors (Lipinski definition) is 2. The quantitative estimate of drug-likeness (QED) is 0.899. The number of methoxy groups -OCH3 is 1. The number of carbonyl (C=O) groups is 1. The molecule has 0 saturated carbocycles. The van der Waals surface area contributed by atoms with Crippen LogP contribution in [0.4, 0.5) is 0 Å². The fourth-order valence-corrected chi connectivity index (χ4v) is 3.54. The summed E-state index contributed by atoms with van der Waals surface area (Å²) >= 11 is 0. The molecule has 0 radical (unpaired) electrons. The first kappa shape index (κ1) is 15.2. The Morgan fingerprint density at radius 2 is 2.17 bits per heavy atom. The maximum Gasteiger partial charge on any atom is 0.272 e. The Morgan fingerprint density at radius 3 is 3.00 bits per heavy atom. The van der Waals surface area contributed by atoms with Gasteiger partial charge in [-0.1, -0.05) is 6.07 Å². The fraction of sp³-hybridized carbons (Fsp3) is 0.444. The second-order valence-corrected chi connectivity index (χ2v) is 6.30. The van der Waals surface area contributed by atoms with Crippen molar-refractivity contribution >= 4 is 5.91 Å². The highest BCUT2D eigenvalue weighted by atomic mass is 16.5. The summed E-state index contributed by atoms with van der Waals surface area (Å²) in [5.41, 5.74) is 6.05. The summed E-state index contributed by atoms with van der Waals surface area (Å²) in [6, 6.07) is 4.26. The average Bonchev–Trinajstić information content (AvgIpc) is 3.24. The van der Waals surface area contributed by atoms with Crippen LogP contribution in [0, 0.1) is 0 Å². The number of aryl methyl sites for hydroxylation is 2. The Bertz CT molecular complexity index is 782. The molecule has 6 nitrogen and oxygen atoms in total. The molecule has 2 aliphatic rings. The van der Waals surface area contributed by atoms with Crippen LogP contribution in [0.5, 0.6) is 5.75 Å². The monoisotopic (exact) mass is 327 g/mol. The van der Waals surface area contributed by atoms with Crippen molar-refractivity contribution in [2.45, 2.75) is 38.8 Å². The van der Waals surface area contributed by atoms with Crippen LogP contribution in [0.25, 0.3) is 0 Å². The number of aromatic amines is 1. The van der Waals surface area contributed by atoms with Gasteiger partial charge in [0.1, 0.15) is 5.75 Å². The molecule has 0 bridgehead atoms. The van der Waals surface area contributed by atoms with E-state index < -0.39 is 0 Å². The first-order valence-electron chi connectivity index (χ1n) is 8.37. The lowest BCUT2D eigenvalue weighted by Gasteiger charge is -2.14. The molecule has 1 aromatic heterocycles. The summed E-state index contributed by atoms with van der Waals surface area (Å²) in [6.07, 6.45) is 4.17. The summed E-state index contributed by atoms with van der Waals surface area (Å²) in [4.78, 5) is 12.5. The van der Waals surface area contributed by atoms with Gasteiger partial charge in [-0.15, -0.1) is 0 Å². The second-order valence-electron chi connectivity index (χ2n) is 6.30. The van der Waals surface area contributed by atoms with E-state index >= 15 is 0 Å². The van der Waals surface area contributed by atoms with E-state index in [0.29, 0.717) is 25.5 Å². The third-order valence-corrected chi connectivity index (χ3v) is 4.84. The molecule has 0 unspecified atom stereocenters. The number of ether oxygens (including phenoxy) is 2. The molecule has 0 fully saturated rings. The molecule has 2 N–H and O–H groups in total. The van der Waals surface area contributed by atoms with Crippen LogP contribution >= 0.6 is 0 Å². The highest BCUT2D eigenvalue weighted by Gasteiger charge is 2.22. The van der Waals surface area contributed by atoms with Gasteiger partial charge in [-0.3, -0.25) is 9.89 Å². The van der Waals surface area contributed by atoms with Crippen molar-refractivity contribution in [3.63, 3.8) is 0 Å². The van der Waals surface area contributed by atoms with Crippen molar-refractivity contribution in [2.75, 3.05) is 13.7 Å². The van der Waals surface area contributed by atoms with Crippen LogP contribution < -0.4 is 10.1 Å². The standard InChI is InChI=1S/C18H21N3O3/c1-23-16-8-12-4-2-3-11(12)7-13(16)9-19-18(22)17-14-10-24-6-5-15(14)20-21-17/h7-8H,2-6,9-10H2,1H3,(H,19,22)(H,20,21). The minimum Gasteiger partial charge on any atom is -0.496 e. The zero-order chi connectivity index (χ0) is 16.5. The molecular weight excluding hydrogens is 306 g/mol. The summed E-state index contributed by atoms with van der Waals surface area (Å²) in [7, 11) is 1.67. The van der Waals surface area contributed by atoms with Gasteiger partial charge in [-0.2, -0.15) is 5.10 Å². The third kappa shape index (κ3) is 2.67. The van der Waals surface area contributed by atoms with E-state index in [2.05, 4.69) is 27.6 Å². The van der Waals surface area contributed by atoms with Gasteiger partial charge in [-0.25, -0.2) is 0 Å². The number of benzene rings is 1. The average molecular weight is 327 g/mol. The number of fused-ring (bicyclic) bond motifs is 2. The topological polar surface area (TPSA) is 76.2 Å². The first-order chi connectivity index (χ1) is 11.8. The zero-order valence-corrected chi connectivity index (χ0v) is 13.8. The normalized spacial score (nSPS) is 15.7. The Kier molecular flexibility index (Phi) is 3.98. The molecule has 1 aliphatic heterocycles. The summed E-state index contributed by atoms with van der Waals surface area (Å²) < 4.78 is 10.9. The molecule has 1 aliphatic carbocycles. The van der Waals surface area contributed by atoms with E-state index in [9.17, 15) is 4.79 Å². The van der Waals surface area contributed by atoms with E-state index in [1.807, 2.05) is 0 Å². The SMILES string of the molecule is COc1cc2c(cc1CNC(=O)c1n[nH]c3c1COCC3)CCC2. The number of amides is 1. The van der Waals surface area contributed by atoms with Crippen LogP contribution in [0.15, 0.2) is 12.1 Å². The van der Waals surface area contributed by atoms with Gasteiger partial charge in [0, 0.05) is 29.8 Å². The van der Waals surface area contributed by atoms with Crippen LogP contribution in [0.2, 0.25) is 0 Å². The van der Waals surface area contributed by atoms with Gasteiger partial charge >= 0.3 is 0 Å². The molecule has 0 spiro atoms. The molecule has 4 rings (SSSR count). The van der Waals surface area contributed by atoms with Crippen LogP contribution in [0.3, 0.4) is 0 Å². The fourth-order valence-electron chi connectivity index (χ4n) is 3.54. The summed E-state index contributed by atoms with van der Waals surface area (Å²) in [5.74, 6) is 0.656. The Labute approximate surface area is 140 Å². The Balaban J connectivity index is 1.51. The minimum absolute atomic E-state index is 0.180.